The van der Waals surface area contributed by atoms with Crippen molar-refractivity contribution in [3.63, 3.8) is 0 Å². The Kier molecular flexibility index (Phi) is 6.70. The van der Waals surface area contributed by atoms with E-state index in [1.807, 2.05) is 0 Å². The highest BCUT2D eigenvalue weighted by molar-refractivity contribution is 5.93. The van der Waals surface area contributed by atoms with Crippen LogP contribution in [0, 0.1) is 0 Å². The highest BCUT2D eigenvalue weighted by atomic mass is 16.5. The average Bonchev–Trinajstić information content (AvgIpc) is 2.40. The molecule has 0 aliphatic rings. The number of carbonyl (C=O) groups excluding carboxylic acids is 1. The van der Waals surface area contributed by atoms with Crippen molar-refractivity contribution in [3.8, 4) is 11.5 Å². The number of methoxy groups -OCH3 is 2. The van der Waals surface area contributed by atoms with Gasteiger partial charge < -0.3 is 24.7 Å². The minimum Gasteiger partial charge on any atom is -0.487 e. The molecule has 0 atom stereocenters. The molecular weight excluding hydrogens is 250 g/mol. The molecule has 0 radical (unpaired) electrons. The van der Waals surface area contributed by atoms with Crippen molar-refractivity contribution in [2.45, 2.75) is 0 Å². The topological polar surface area (TPSA) is 80.0 Å². The van der Waals surface area contributed by atoms with Crippen molar-refractivity contribution >= 4 is 5.91 Å². The van der Waals surface area contributed by atoms with Gasteiger partial charge in [-0.1, -0.05) is 0 Å². The van der Waals surface area contributed by atoms with Crippen molar-refractivity contribution in [2.24, 2.45) is 5.73 Å². The second kappa shape index (κ2) is 8.34. The number of carbonyl (C=O) groups is 1. The highest BCUT2D eigenvalue weighted by Crippen LogP contribution is 2.28. The lowest BCUT2D eigenvalue weighted by Gasteiger charge is -2.13. The van der Waals surface area contributed by atoms with E-state index < -0.39 is 5.91 Å². The third-order valence-electron chi connectivity index (χ3n) is 2.32. The number of benzene rings is 1. The van der Waals surface area contributed by atoms with Gasteiger partial charge in [0, 0.05) is 19.8 Å². The van der Waals surface area contributed by atoms with E-state index in [-0.39, 0.29) is 0 Å². The third kappa shape index (κ3) is 5.15. The molecule has 0 heterocycles. The van der Waals surface area contributed by atoms with Gasteiger partial charge in [0.25, 0.3) is 0 Å². The number of ether oxygens (including phenoxy) is 4. The van der Waals surface area contributed by atoms with Crippen LogP contribution in [0.15, 0.2) is 18.2 Å². The Morgan fingerprint density at radius 1 is 1.00 bits per heavy atom. The highest BCUT2D eigenvalue weighted by Gasteiger charge is 2.09. The molecule has 0 bridgehead atoms. The van der Waals surface area contributed by atoms with Crippen LogP contribution in [0.1, 0.15) is 10.4 Å². The van der Waals surface area contributed by atoms with Crippen molar-refractivity contribution in [3.05, 3.63) is 23.8 Å². The summed E-state index contributed by atoms with van der Waals surface area (Å²) in [5.41, 5.74) is 5.60. The van der Waals surface area contributed by atoms with Crippen molar-refractivity contribution in [1.82, 2.24) is 0 Å². The van der Waals surface area contributed by atoms with E-state index in [1.165, 1.54) is 0 Å². The minimum absolute atomic E-state index is 0.360. The summed E-state index contributed by atoms with van der Waals surface area (Å²) in [6.07, 6.45) is 0. The monoisotopic (exact) mass is 269 g/mol. The number of primary amides is 1. The fourth-order valence-corrected chi connectivity index (χ4v) is 1.36. The van der Waals surface area contributed by atoms with Crippen LogP contribution in [-0.2, 0) is 9.47 Å². The SMILES string of the molecule is COCCOc1ccc(C(N)=O)cc1OCCOC. The number of nitrogens with two attached hydrogens (primary N) is 1. The first-order valence-electron chi connectivity index (χ1n) is 5.86. The quantitative estimate of drug-likeness (QED) is 0.672. The molecule has 0 saturated heterocycles. The molecule has 2 N–H and O–H groups in total. The molecule has 0 saturated carbocycles. The van der Waals surface area contributed by atoms with E-state index in [4.69, 9.17) is 24.7 Å². The van der Waals surface area contributed by atoms with Gasteiger partial charge in [-0.15, -0.1) is 0 Å². The zero-order chi connectivity index (χ0) is 14.1. The van der Waals surface area contributed by atoms with Gasteiger partial charge in [-0.3, -0.25) is 4.79 Å². The molecule has 1 amide bonds. The number of amides is 1. The molecule has 0 aliphatic carbocycles. The zero-order valence-electron chi connectivity index (χ0n) is 11.2. The Morgan fingerprint density at radius 3 is 2.11 bits per heavy atom. The molecule has 0 unspecified atom stereocenters. The van der Waals surface area contributed by atoms with Crippen LogP contribution in [0.2, 0.25) is 0 Å². The second-order valence-corrected chi connectivity index (χ2v) is 3.71. The maximum atomic E-state index is 11.1. The van der Waals surface area contributed by atoms with Gasteiger partial charge in [0.15, 0.2) is 11.5 Å². The van der Waals surface area contributed by atoms with E-state index in [1.54, 1.807) is 32.4 Å². The third-order valence-corrected chi connectivity index (χ3v) is 2.32. The van der Waals surface area contributed by atoms with Gasteiger partial charge in [0.1, 0.15) is 13.2 Å². The van der Waals surface area contributed by atoms with Crippen molar-refractivity contribution in [2.75, 3.05) is 40.6 Å². The van der Waals surface area contributed by atoms with Crippen LogP contribution >= 0.6 is 0 Å². The summed E-state index contributed by atoms with van der Waals surface area (Å²) in [7, 11) is 3.18. The normalized spacial score (nSPS) is 10.2. The summed E-state index contributed by atoms with van der Waals surface area (Å²) in [6.45, 7) is 1.67. The minimum atomic E-state index is -0.514. The molecule has 1 aromatic carbocycles. The second-order valence-electron chi connectivity index (χ2n) is 3.71. The summed E-state index contributed by atoms with van der Waals surface area (Å²) in [5.74, 6) is 0.489. The molecule has 106 valence electrons. The summed E-state index contributed by atoms with van der Waals surface area (Å²) < 4.78 is 20.8. The predicted octanol–water partition coefficient (Wildman–Crippen LogP) is 0.836. The Labute approximate surface area is 112 Å². The lowest BCUT2D eigenvalue weighted by atomic mass is 10.2. The van der Waals surface area contributed by atoms with Crippen LogP contribution in [0.25, 0.3) is 0 Å². The fourth-order valence-electron chi connectivity index (χ4n) is 1.36. The summed E-state index contributed by atoms with van der Waals surface area (Å²) in [6, 6.07) is 4.80. The molecule has 1 rings (SSSR count). The first-order valence-corrected chi connectivity index (χ1v) is 5.86. The number of rotatable bonds is 9. The van der Waals surface area contributed by atoms with E-state index in [9.17, 15) is 4.79 Å². The Bertz CT molecular complexity index is 408. The van der Waals surface area contributed by atoms with Crippen LogP contribution < -0.4 is 15.2 Å². The lowest BCUT2D eigenvalue weighted by molar-refractivity contribution is 0.0999. The average molecular weight is 269 g/mol. The van der Waals surface area contributed by atoms with Crippen LogP contribution in [0.5, 0.6) is 11.5 Å². The van der Waals surface area contributed by atoms with E-state index >= 15 is 0 Å². The van der Waals surface area contributed by atoms with Gasteiger partial charge >= 0.3 is 0 Å². The van der Waals surface area contributed by atoms with Crippen molar-refractivity contribution < 1.29 is 23.7 Å². The van der Waals surface area contributed by atoms with E-state index in [2.05, 4.69) is 0 Å². The molecule has 0 aromatic heterocycles. The molecule has 1 aromatic rings. The summed E-state index contributed by atoms with van der Waals surface area (Å²) >= 11 is 0. The van der Waals surface area contributed by atoms with Gasteiger partial charge in [0.05, 0.1) is 13.2 Å². The zero-order valence-corrected chi connectivity index (χ0v) is 11.2. The molecule has 0 spiro atoms. The van der Waals surface area contributed by atoms with Gasteiger partial charge in [-0.25, -0.2) is 0 Å². The number of hydrogen-bond donors (Lipinski definition) is 1. The maximum absolute atomic E-state index is 11.1. The molecule has 6 nitrogen and oxygen atoms in total. The van der Waals surface area contributed by atoms with Crippen LogP contribution in [0.4, 0.5) is 0 Å². The Balaban J connectivity index is 2.78. The fraction of sp³-hybridized carbons (Fsp3) is 0.462. The smallest absolute Gasteiger partial charge is 0.248 e. The van der Waals surface area contributed by atoms with Gasteiger partial charge in [-0.05, 0) is 18.2 Å². The van der Waals surface area contributed by atoms with Crippen LogP contribution in [0.3, 0.4) is 0 Å². The summed E-state index contributed by atoms with van der Waals surface area (Å²) in [5, 5.41) is 0. The molecule has 19 heavy (non-hydrogen) atoms. The summed E-state index contributed by atoms with van der Waals surface area (Å²) in [4.78, 5) is 11.1. The van der Waals surface area contributed by atoms with Gasteiger partial charge in [0.2, 0.25) is 5.91 Å². The first-order chi connectivity index (χ1) is 9.19. The molecular formula is C13H19NO5. The molecule has 0 aliphatic heterocycles. The van der Waals surface area contributed by atoms with Gasteiger partial charge in [-0.2, -0.15) is 0 Å². The standard InChI is InChI=1S/C13H19NO5/c1-16-5-7-18-11-4-3-10(13(14)15)9-12(11)19-8-6-17-2/h3-4,9H,5-8H2,1-2H3,(H2,14,15). The van der Waals surface area contributed by atoms with E-state index in [0.717, 1.165) is 0 Å². The van der Waals surface area contributed by atoms with Crippen molar-refractivity contribution in [1.29, 1.82) is 0 Å². The molecule has 6 heteroatoms. The van der Waals surface area contributed by atoms with E-state index in [0.29, 0.717) is 43.5 Å². The largest absolute Gasteiger partial charge is 0.487 e. The Morgan fingerprint density at radius 2 is 1.58 bits per heavy atom. The predicted molar refractivity (Wildman–Crippen MR) is 69.7 cm³/mol. The van der Waals surface area contributed by atoms with Crippen LogP contribution in [-0.4, -0.2) is 46.6 Å². The first kappa shape index (κ1) is 15.3. The molecule has 0 fully saturated rings. The lowest BCUT2D eigenvalue weighted by Crippen LogP contribution is -2.13. The number of hydrogen-bond acceptors (Lipinski definition) is 5. The Hall–Kier alpha value is -1.79. The maximum Gasteiger partial charge on any atom is 0.248 e.